The number of nitrogens with one attached hydrogen (secondary N) is 2. The van der Waals surface area contributed by atoms with Crippen molar-refractivity contribution in [3.05, 3.63) is 74.1 Å². The summed E-state index contributed by atoms with van der Waals surface area (Å²) in [5.74, 6) is 0.552. The van der Waals surface area contributed by atoms with Gasteiger partial charge in [-0.2, -0.15) is 0 Å². The smallest absolute Gasteiger partial charge is 0.185 e. The average molecular weight is 495 g/mol. The Balaban J connectivity index is 0.00000272. The number of amidine groups is 1. The van der Waals surface area contributed by atoms with E-state index in [1.807, 2.05) is 6.07 Å². The van der Waals surface area contributed by atoms with Gasteiger partial charge in [-0.05, 0) is 37.0 Å². The number of anilines is 2. The van der Waals surface area contributed by atoms with Gasteiger partial charge in [-0.3, -0.25) is 5.41 Å². The highest BCUT2D eigenvalue weighted by atomic mass is 35.5. The molecule has 5 nitrogen and oxygen atoms in total. The normalized spacial score (nSPS) is 12.3. The number of fused-ring (bicyclic) bond motifs is 1. The Bertz CT molecular complexity index is 1110. The third kappa shape index (κ3) is 5.39. The lowest BCUT2D eigenvalue weighted by molar-refractivity contribution is 0.698. The first-order chi connectivity index (χ1) is 14.5. The van der Waals surface area contributed by atoms with Gasteiger partial charge in [0.1, 0.15) is 5.82 Å². The molecule has 0 aliphatic carbocycles. The van der Waals surface area contributed by atoms with E-state index in [0.29, 0.717) is 27.1 Å². The van der Waals surface area contributed by atoms with Crippen molar-refractivity contribution < 1.29 is 0 Å². The molecule has 9 heteroatoms. The van der Waals surface area contributed by atoms with Crippen LogP contribution in [-0.4, -0.2) is 23.1 Å². The highest BCUT2D eigenvalue weighted by Crippen LogP contribution is 2.35. The maximum absolute atomic E-state index is 8.13. The standard InChI is InChI=1S/C22H21Cl2N5S.ClH/c23-16-11-14-15(12-17(16)24)20(25)28-18(14)19-21(26)29-22(30-19)27-10-6-2-5-9-13-7-3-1-4-8-13;/h1,3-4,7-8,11-12,25H,2,5-6,9-10,26H2,(H,27,29);1H. The second-order valence-electron chi connectivity index (χ2n) is 7.08. The largest absolute Gasteiger partial charge is 0.382 e. The van der Waals surface area contributed by atoms with Crippen molar-refractivity contribution in [2.75, 3.05) is 17.6 Å². The van der Waals surface area contributed by atoms with Crippen LogP contribution < -0.4 is 11.1 Å². The molecule has 1 aliphatic rings. The van der Waals surface area contributed by atoms with Crippen LogP contribution in [0, 0.1) is 5.41 Å². The SMILES string of the molecule is Cl.N=C1N=C(c2sc(NCCCCCc3ccccc3)nc2N)c2cc(Cl)c(Cl)cc21. The van der Waals surface area contributed by atoms with Crippen LogP contribution in [0.5, 0.6) is 0 Å². The summed E-state index contributed by atoms with van der Waals surface area (Å²) in [6, 6.07) is 14.0. The fraction of sp³-hybridized carbons (Fsp3) is 0.227. The Morgan fingerprint density at radius 3 is 2.45 bits per heavy atom. The van der Waals surface area contributed by atoms with Gasteiger partial charge in [-0.15, -0.1) is 12.4 Å². The van der Waals surface area contributed by atoms with Crippen molar-refractivity contribution in [1.29, 1.82) is 5.41 Å². The van der Waals surface area contributed by atoms with Crippen LogP contribution in [0.1, 0.15) is 40.8 Å². The first-order valence-electron chi connectivity index (χ1n) is 9.74. The molecule has 0 atom stereocenters. The predicted octanol–water partition coefficient (Wildman–Crippen LogP) is 6.46. The predicted molar refractivity (Wildman–Crippen MR) is 135 cm³/mol. The Labute approximate surface area is 201 Å². The molecule has 0 unspecified atom stereocenters. The lowest BCUT2D eigenvalue weighted by Gasteiger charge is -2.04. The number of aliphatic imine (C=N–C) groups is 1. The van der Waals surface area contributed by atoms with E-state index < -0.39 is 0 Å². The molecule has 1 aliphatic heterocycles. The summed E-state index contributed by atoms with van der Waals surface area (Å²) in [7, 11) is 0. The van der Waals surface area contributed by atoms with Gasteiger partial charge in [0.05, 0.1) is 20.6 Å². The number of benzene rings is 2. The van der Waals surface area contributed by atoms with Gasteiger partial charge in [0, 0.05) is 17.7 Å². The minimum Gasteiger partial charge on any atom is -0.382 e. The molecule has 0 saturated heterocycles. The second kappa shape index (κ2) is 10.5. The monoisotopic (exact) mass is 493 g/mol. The lowest BCUT2D eigenvalue weighted by atomic mass is 10.0. The molecule has 0 amide bonds. The summed E-state index contributed by atoms with van der Waals surface area (Å²) in [4.78, 5) is 9.55. The van der Waals surface area contributed by atoms with E-state index in [4.69, 9.17) is 34.3 Å². The van der Waals surface area contributed by atoms with Gasteiger partial charge in [-0.1, -0.05) is 71.3 Å². The van der Waals surface area contributed by atoms with E-state index in [0.717, 1.165) is 47.8 Å². The fourth-order valence-electron chi connectivity index (χ4n) is 3.39. The number of rotatable bonds is 8. The summed E-state index contributed by atoms with van der Waals surface area (Å²) in [5, 5.41) is 13.1. The van der Waals surface area contributed by atoms with Crippen molar-refractivity contribution in [1.82, 2.24) is 4.98 Å². The van der Waals surface area contributed by atoms with Crippen molar-refractivity contribution in [3.63, 3.8) is 0 Å². The molecule has 1 aromatic heterocycles. The van der Waals surface area contributed by atoms with E-state index in [9.17, 15) is 0 Å². The number of halogens is 3. The number of unbranched alkanes of at least 4 members (excludes halogenated alkanes) is 2. The Kier molecular flexibility index (Phi) is 7.94. The van der Waals surface area contributed by atoms with Gasteiger partial charge in [-0.25, -0.2) is 9.98 Å². The van der Waals surface area contributed by atoms with Gasteiger partial charge in [0.15, 0.2) is 11.0 Å². The molecule has 31 heavy (non-hydrogen) atoms. The zero-order valence-electron chi connectivity index (χ0n) is 16.6. The van der Waals surface area contributed by atoms with Crippen molar-refractivity contribution >= 4 is 69.4 Å². The number of hydrogen-bond donors (Lipinski definition) is 3. The molecule has 2 heterocycles. The highest BCUT2D eigenvalue weighted by Gasteiger charge is 2.27. The van der Waals surface area contributed by atoms with Crippen LogP contribution in [0.3, 0.4) is 0 Å². The molecule has 0 fully saturated rings. The molecule has 162 valence electrons. The zero-order valence-corrected chi connectivity index (χ0v) is 19.8. The first kappa shape index (κ1) is 23.5. The van der Waals surface area contributed by atoms with Crippen molar-refractivity contribution in [2.45, 2.75) is 25.7 Å². The Hall–Kier alpha value is -2.12. The molecule has 3 aromatic rings. The maximum atomic E-state index is 8.13. The summed E-state index contributed by atoms with van der Waals surface area (Å²) < 4.78 is 0. The summed E-state index contributed by atoms with van der Waals surface area (Å²) >= 11 is 13.7. The van der Waals surface area contributed by atoms with Crippen LogP contribution in [-0.2, 0) is 6.42 Å². The molecule has 4 rings (SSSR count). The molecular weight excluding hydrogens is 473 g/mol. The summed E-state index contributed by atoms with van der Waals surface area (Å²) in [5.41, 5.74) is 9.58. The van der Waals surface area contributed by atoms with E-state index in [1.54, 1.807) is 12.1 Å². The van der Waals surface area contributed by atoms with Gasteiger partial charge < -0.3 is 11.1 Å². The fourth-order valence-corrected chi connectivity index (χ4v) is 4.63. The molecule has 2 aromatic carbocycles. The molecular formula is C22H22Cl3N5S. The van der Waals surface area contributed by atoms with Gasteiger partial charge in [0.25, 0.3) is 0 Å². The van der Waals surface area contributed by atoms with Crippen LogP contribution in [0.4, 0.5) is 10.9 Å². The number of aromatic nitrogens is 1. The molecule has 0 radical (unpaired) electrons. The maximum Gasteiger partial charge on any atom is 0.185 e. The first-order valence-corrected chi connectivity index (χ1v) is 11.3. The number of aryl methyl sites for hydroxylation is 1. The van der Waals surface area contributed by atoms with Gasteiger partial charge >= 0.3 is 0 Å². The highest BCUT2D eigenvalue weighted by molar-refractivity contribution is 7.18. The van der Waals surface area contributed by atoms with Crippen LogP contribution >= 0.6 is 46.9 Å². The van der Waals surface area contributed by atoms with E-state index in [2.05, 4.69) is 39.6 Å². The van der Waals surface area contributed by atoms with Crippen LogP contribution in [0.25, 0.3) is 0 Å². The minimum absolute atomic E-state index is 0. The van der Waals surface area contributed by atoms with Crippen molar-refractivity contribution in [3.8, 4) is 0 Å². The lowest BCUT2D eigenvalue weighted by Crippen LogP contribution is -2.02. The minimum atomic E-state index is 0. The third-order valence-corrected chi connectivity index (χ3v) is 6.68. The van der Waals surface area contributed by atoms with Crippen molar-refractivity contribution in [2.24, 2.45) is 4.99 Å². The third-order valence-electron chi connectivity index (χ3n) is 4.92. The topological polar surface area (TPSA) is 87.2 Å². The Morgan fingerprint density at radius 1 is 1.00 bits per heavy atom. The zero-order chi connectivity index (χ0) is 21.1. The Morgan fingerprint density at radius 2 is 1.71 bits per heavy atom. The van der Waals surface area contributed by atoms with E-state index in [1.165, 1.54) is 16.9 Å². The van der Waals surface area contributed by atoms with Gasteiger partial charge in [0.2, 0.25) is 0 Å². The molecule has 0 saturated carbocycles. The second-order valence-corrected chi connectivity index (χ2v) is 8.89. The summed E-state index contributed by atoms with van der Waals surface area (Å²) in [6.45, 7) is 0.835. The number of nitrogens with two attached hydrogens (primary N) is 1. The van der Waals surface area contributed by atoms with Crippen LogP contribution in [0.2, 0.25) is 10.0 Å². The van der Waals surface area contributed by atoms with E-state index in [-0.39, 0.29) is 18.2 Å². The summed E-state index contributed by atoms with van der Waals surface area (Å²) in [6.07, 6.45) is 4.47. The number of nitrogen functional groups attached to an aromatic ring is 1. The quantitative estimate of drug-likeness (QED) is 0.314. The number of hydrogen-bond acceptors (Lipinski definition) is 5. The molecule has 0 spiro atoms. The van der Waals surface area contributed by atoms with E-state index >= 15 is 0 Å². The molecule has 4 N–H and O–H groups in total. The molecule has 0 bridgehead atoms. The number of nitrogens with zero attached hydrogens (tertiary/aromatic N) is 2. The average Bonchev–Trinajstić information content (AvgIpc) is 3.25. The van der Waals surface area contributed by atoms with Crippen LogP contribution in [0.15, 0.2) is 47.5 Å². The number of thiazole rings is 1.